The van der Waals surface area contributed by atoms with E-state index in [1.807, 2.05) is 0 Å². The molecule has 0 aliphatic carbocycles. The molecule has 5 rings (SSSR count). The zero-order valence-electron chi connectivity index (χ0n) is 21.1. The van der Waals surface area contributed by atoms with Gasteiger partial charge in [0.1, 0.15) is 29.4 Å². The Morgan fingerprint density at radius 1 is 1.24 bits per heavy atom. The molecule has 13 nitrogen and oxygen atoms in total. The number of anilines is 1. The van der Waals surface area contributed by atoms with Gasteiger partial charge in [0.2, 0.25) is 0 Å². The molecule has 0 bridgehead atoms. The van der Waals surface area contributed by atoms with Gasteiger partial charge in [0.05, 0.1) is 5.69 Å². The van der Waals surface area contributed by atoms with Crippen molar-refractivity contribution in [2.75, 3.05) is 23.8 Å². The van der Waals surface area contributed by atoms with Gasteiger partial charge in [-0.15, -0.1) is 34.4 Å². The van der Waals surface area contributed by atoms with E-state index in [1.54, 1.807) is 23.8 Å². The Labute approximate surface area is 249 Å². The molecule has 2 aromatic heterocycles. The molecule has 17 heteroatoms. The fraction of sp³-hybridized carbons (Fsp3) is 0.250. The number of nitrogen functional groups attached to an aromatic ring is 1. The van der Waals surface area contributed by atoms with Crippen LogP contribution >= 0.6 is 46.2 Å². The van der Waals surface area contributed by atoms with Crippen LogP contribution in [0.3, 0.4) is 0 Å². The largest absolute Gasteiger partial charge is 0.504 e. The number of aromatic hydroxyl groups is 2. The lowest BCUT2D eigenvalue weighted by Crippen LogP contribution is -2.71. The van der Waals surface area contributed by atoms with E-state index in [1.165, 1.54) is 51.9 Å². The SMILES string of the molecule is CCO/N=C(/C(=O)N[C@@H]1C(=O)N2C(C(=O)O)=C(CSc3nc(-c4ccc(O)c(O)c4)cs3)CS[C@H]12)c1csc(N)n1. The van der Waals surface area contributed by atoms with E-state index in [0.29, 0.717) is 26.9 Å². The maximum Gasteiger partial charge on any atom is 0.352 e. The number of rotatable bonds is 10. The second kappa shape index (κ2) is 12.0. The number of carboxylic acid groups (broad SMARTS) is 1. The molecule has 0 radical (unpaired) electrons. The number of fused-ring (bicyclic) bond motifs is 1. The molecule has 1 fully saturated rings. The predicted octanol–water partition coefficient (Wildman–Crippen LogP) is 2.53. The van der Waals surface area contributed by atoms with Gasteiger partial charge in [0, 0.05) is 27.8 Å². The molecule has 2 aliphatic rings. The number of benzene rings is 1. The van der Waals surface area contributed by atoms with Crippen molar-refractivity contribution in [3.63, 3.8) is 0 Å². The lowest BCUT2D eigenvalue weighted by molar-refractivity contribution is -0.150. The van der Waals surface area contributed by atoms with Crippen molar-refractivity contribution >= 4 is 74.8 Å². The molecule has 2 amide bonds. The highest BCUT2D eigenvalue weighted by Gasteiger charge is 2.54. The smallest absolute Gasteiger partial charge is 0.352 e. The van der Waals surface area contributed by atoms with Gasteiger partial charge < -0.3 is 31.2 Å². The fourth-order valence-corrected chi connectivity index (χ4v) is 7.89. The Hall–Kier alpha value is -3.80. The number of oxime groups is 1. The summed E-state index contributed by atoms with van der Waals surface area (Å²) in [6.07, 6.45) is 0. The predicted molar refractivity (Wildman–Crippen MR) is 156 cm³/mol. The zero-order valence-corrected chi connectivity index (χ0v) is 24.4. The third-order valence-corrected chi connectivity index (χ3v) is 10.0. The number of hydrogen-bond acceptors (Lipinski definition) is 14. The van der Waals surface area contributed by atoms with Crippen molar-refractivity contribution in [1.29, 1.82) is 0 Å². The molecule has 6 N–H and O–H groups in total. The third kappa shape index (κ3) is 5.83. The molecule has 41 heavy (non-hydrogen) atoms. The number of thioether (sulfide) groups is 2. The summed E-state index contributed by atoms with van der Waals surface area (Å²) in [5.41, 5.74) is 7.42. The number of phenolic OH excluding ortho intramolecular Hbond substituents is 2. The number of carbonyl (C=O) groups is 3. The normalized spacial score (nSPS) is 18.6. The fourth-order valence-electron chi connectivity index (χ4n) is 4.02. The number of phenols is 2. The molecule has 0 unspecified atom stereocenters. The number of nitrogens with one attached hydrogen (secondary N) is 1. The van der Waals surface area contributed by atoms with Crippen molar-refractivity contribution in [3.8, 4) is 22.8 Å². The number of amides is 2. The number of hydrogen-bond donors (Lipinski definition) is 5. The third-order valence-electron chi connectivity index (χ3n) is 5.93. The van der Waals surface area contributed by atoms with Crippen LogP contribution < -0.4 is 11.1 Å². The summed E-state index contributed by atoms with van der Waals surface area (Å²) in [5.74, 6) is -2.34. The van der Waals surface area contributed by atoms with Gasteiger partial charge in [0.15, 0.2) is 26.7 Å². The van der Waals surface area contributed by atoms with Crippen molar-refractivity contribution in [2.24, 2.45) is 5.16 Å². The molecular formula is C24H22N6O7S4. The summed E-state index contributed by atoms with van der Waals surface area (Å²) >= 11 is 5.15. The van der Waals surface area contributed by atoms with Gasteiger partial charge in [-0.05, 0) is 30.7 Å². The molecule has 1 saturated heterocycles. The minimum Gasteiger partial charge on any atom is -0.504 e. The van der Waals surface area contributed by atoms with Gasteiger partial charge >= 0.3 is 5.97 Å². The summed E-state index contributed by atoms with van der Waals surface area (Å²) in [6.45, 7) is 1.91. The number of aromatic nitrogens is 2. The lowest BCUT2D eigenvalue weighted by Gasteiger charge is -2.49. The van der Waals surface area contributed by atoms with Crippen LogP contribution in [0.4, 0.5) is 5.13 Å². The first-order valence-corrected chi connectivity index (χ1v) is 15.7. The van der Waals surface area contributed by atoms with Crippen molar-refractivity contribution in [2.45, 2.75) is 22.7 Å². The van der Waals surface area contributed by atoms with E-state index in [0.717, 1.165) is 11.3 Å². The van der Waals surface area contributed by atoms with Crippen LogP contribution in [-0.2, 0) is 19.2 Å². The summed E-state index contributed by atoms with van der Waals surface area (Å²) in [7, 11) is 0. The maximum atomic E-state index is 13.1. The lowest BCUT2D eigenvalue weighted by atomic mass is 10.0. The summed E-state index contributed by atoms with van der Waals surface area (Å²) in [5, 5.41) is 38.7. The van der Waals surface area contributed by atoms with E-state index >= 15 is 0 Å². The number of nitrogens with two attached hydrogens (primary N) is 1. The Bertz CT molecular complexity index is 1590. The molecule has 1 aromatic carbocycles. The van der Waals surface area contributed by atoms with Crippen LogP contribution in [0, 0.1) is 0 Å². The topological polar surface area (TPSA) is 201 Å². The Kier molecular flexibility index (Phi) is 8.39. The first-order chi connectivity index (χ1) is 19.7. The average molecular weight is 635 g/mol. The van der Waals surface area contributed by atoms with Gasteiger partial charge in [-0.3, -0.25) is 14.5 Å². The van der Waals surface area contributed by atoms with E-state index in [4.69, 9.17) is 10.6 Å². The van der Waals surface area contributed by atoms with E-state index in [-0.39, 0.29) is 46.1 Å². The minimum atomic E-state index is -1.24. The van der Waals surface area contributed by atoms with Gasteiger partial charge in [-0.2, -0.15) is 0 Å². The monoisotopic (exact) mass is 634 g/mol. The quantitative estimate of drug-likeness (QED) is 0.0719. The second-order valence-electron chi connectivity index (χ2n) is 8.54. The zero-order chi connectivity index (χ0) is 29.3. The maximum absolute atomic E-state index is 13.1. The Balaban J connectivity index is 1.28. The molecule has 2 aliphatic heterocycles. The number of aliphatic carboxylic acids is 1. The minimum absolute atomic E-state index is 0.104. The summed E-state index contributed by atoms with van der Waals surface area (Å²) in [4.78, 5) is 53.2. The van der Waals surface area contributed by atoms with E-state index < -0.39 is 29.2 Å². The Morgan fingerprint density at radius 2 is 2.05 bits per heavy atom. The van der Waals surface area contributed by atoms with Crippen LogP contribution in [-0.4, -0.2) is 83.2 Å². The number of β-lactam (4-membered cyclic amide) rings is 1. The number of carboxylic acids is 1. The molecular weight excluding hydrogens is 613 g/mol. The van der Waals surface area contributed by atoms with Crippen LogP contribution in [0.2, 0.25) is 0 Å². The number of thiazole rings is 2. The van der Waals surface area contributed by atoms with Crippen LogP contribution in [0.5, 0.6) is 11.5 Å². The van der Waals surface area contributed by atoms with Crippen LogP contribution in [0.15, 0.2) is 49.7 Å². The first kappa shape index (κ1) is 28.7. The highest BCUT2D eigenvalue weighted by Crippen LogP contribution is 2.42. The van der Waals surface area contributed by atoms with Gasteiger partial charge in [-0.25, -0.2) is 14.8 Å². The molecule has 0 spiro atoms. The molecule has 0 saturated carbocycles. The standard InChI is InChI=1S/C24H22N6O7S4/c1-2-37-29-16(13-9-39-23(25)26-13)19(33)28-17-20(34)30-18(22(35)36)11(6-38-21(17)30)7-40-24-27-12(8-41-24)10-3-4-14(31)15(32)5-10/h3-5,8-9,17,21,31-32H,2,6-7H2,1H3,(H2,25,26)(H,28,33)(H,35,36)/b29-16+/t17-,21-/m1/s1. The molecule has 4 heterocycles. The molecule has 214 valence electrons. The second-order valence-corrected chi connectivity index (χ2v) is 12.6. The van der Waals surface area contributed by atoms with Crippen molar-refractivity contribution < 1.29 is 34.5 Å². The molecule has 3 aromatic rings. The van der Waals surface area contributed by atoms with Crippen LogP contribution in [0.25, 0.3) is 11.3 Å². The Morgan fingerprint density at radius 3 is 2.73 bits per heavy atom. The van der Waals surface area contributed by atoms with Gasteiger partial charge in [0.25, 0.3) is 11.8 Å². The highest BCUT2D eigenvalue weighted by atomic mass is 32.2. The van der Waals surface area contributed by atoms with Crippen LogP contribution in [0.1, 0.15) is 12.6 Å². The van der Waals surface area contributed by atoms with Crippen molar-refractivity contribution in [3.05, 3.63) is 45.9 Å². The van der Waals surface area contributed by atoms with E-state index in [9.17, 15) is 29.7 Å². The number of nitrogens with zero attached hydrogens (tertiary/aromatic N) is 4. The van der Waals surface area contributed by atoms with E-state index in [2.05, 4.69) is 20.4 Å². The average Bonchev–Trinajstić information content (AvgIpc) is 3.60. The van der Waals surface area contributed by atoms with Crippen molar-refractivity contribution in [1.82, 2.24) is 20.2 Å². The highest BCUT2D eigenvalue weighted by molar-refractivity contribution is 8.01. The van der Waals surface area contributed by atoms with Gasteiger partial charge in [-0.1, -0.05) is 16.9 Å². The number of carbonyl (C=O) groups excluding carboxylic acids is 2. The molecule has 2 atom stereocenters. The first-order valence-electron chi connectivity index (χ1n) is 11.9. The summed E-state index contributed by atoms with van der Waals surface area (Å²) in [6, 6.07) is 3.45. The summed E-state index contributed by atoms with van der Waals surface area (Å²) < 4.78 is 0.667.